The summed E-state index contributed by atoms with van der Waals surface area (Å²) < 4.78 is 0. The highest BCUT2D eigenvalue weighted by molar-refractivity contribution is 6.30. The second-order valence-electron chi connectivity index (χ2n) is 4.01. The van der Waals surface area contributed by atoms with E-state index in [0.29, 0.717) is 11.1 Å². The lowest BCUT2D eigenvalue weighted by atomic mass is 10.1. The maximum absolute atomic E-state index is 11.9. The van der Waals surface area contributed by atoms with Crippen LogP contribution < -0.4 is 0 Å². The summed E-state index contributed by atoms with van der Waals surface area (Å²) in [5.74, 6) is -0.123. The van der Waals surface area contributed by atoms with Crippen LogP contribution in [0, 0.1) is 0 Å². The Bertz CT molecular complexity index is 498. The van der Waals surface area contributed by atoms with Crippen molar-refractivity contribution >= 4 is 17.8 Å². The van der Waals surface area contributed by atoms with Crippen molar-refractivity contribution in [2.24, 2.45) is 4.99 Å². The van der Waals surface area contributed by atoms with Crippen LogP contribution in [0.25, 0.3) is 5.76 Å². The average Bonchev–Trinajstić information content (AvgIpc) is 2.50. The molecule has 1 aliphatic carbocycles. The van der Waals surface area contributed by atoms with E-state index in [1.165, 1.54) is 6.21 Å². The third-order valence-electron chi connectivity index (χ3n) is 2.43. The maximum atomic E-state index is 11.9. The number of fused-ring (bicyclic) bond motifs is 1. The number of ketones is 1. The van der Waals surface area contributed by atoms with Gasteiger partial charge in [0.25, 0.3) is 0 Å². The van der Waals surface area contributed by atoms with Crippen LogP contribution in [0.4, 0.5) is 0 Å². The van der Waals surface area contributed by atoms with Crippen LogP contribution in [0.15, 0.2) is 34.8 Å². The molecule has 0 spiro atoms. The van der Waals surface area contributed by atoms with Gasteiger partial charge in [-0.15, -0.1) is 0 Å². The summed E-state index contributed by atoms with van der Waals surface area (Å²) in [4.78, 5) is 16.0. The van der Waals surface area contributed by atoms with Gasteiger partial charge in [0.2, 0.25) is 0 Å². The number of carbonyl (C=O) groups is 1. The van der Waals surface area contributed by atoms with Crippen LogP contribution in [0.3, 0.4) is 0 Å². The molecule has 1 N–H and O–H groups in total. The molecule has 0 saturated heterocycles. The zero-order valence-electron chi connectivity index (χ0n) is 9.27. The Balaban J connectivity index is 2.44. The summed E-state index contributed by atoms with van der Waals surface area (Å²) in [6.07, 6.45) is 1.46. The summed E-state index contributed by atoms with van der Waals surface area (Å²) in [6.45, 7) is 3.83. The van der Waals surface area contributed by atoms with Crippen LogP contribution in [-0.4, -0.2) is 23.1 Å². The molecule has 16 heavy (non-hydrogen) atoms. The van der Waals surface area contributed by atoms with E-state index in [1.807, 2.05) is 13.8 Å². The first kappa shape index (κ1) is 10.6. The fraction of sp³-hybridized carbons (Fsp3) is 0.231. The van der Waals surface area contributed by atoms with Crippen molar-refractivity contribution < 1.29 is 9.90 Å². The van der Waals surface area contributed by atoms with Gasteiger partial charge in [-0.3, -0.25) is 9.79 Å². The number of aliphatic imine (C=N–C) groups is 1. The molecule has 0 fully saturated rings. The van der Waals surface area contributed by atoms with Gasteiger partial charge in [-0.1, -0.05) is 24.3 Å². The van der Waals surface area contributed by atoms with Crippen molar-refractivity contribution in [3.8, 4) is 0 Å². The summed E-state index contributed by atoms with van der Waals surface area (Å²) in [5.41, 5.74) is 1.43. The Hall–Kier alpha value is -1.90. The summed E-state index contributed by atoms with van der Waals surface area (Å²) in [7, 11) is 0. The van der Waals surface area contributed by atoms with Gasteiger partial charge >= 0.3 is 0 Å². The van der Waals surface area contributed by atoms with Crippen molar-refractivity contribution in [1.29, 1.82) is 0 Å². The molecule has 2 rings (SSSR count). The lowest BCUT2D eigenvalue weighted by Gasteiger charge is -1.96. The highest BCUT2D eigenvalue weighted by Gasteiger charge is 2.27. The first-order chi connectivity index (χ1) is 7.61. The van der Waals surface area contributed by atoms with Gasteiger partial charge in [-0.2, -0.15) is 0 Å². The van der Waals surface area contributed by atoms with Crippen molar-refractivity contribution in [3.63, 3.8) is 0 Å². The number of nitrogens with zero attached hydrogens (tertiary/aromatic N) is 1. The second-order valence-corrected chi connectivity index (χ2v) is 4.01. The Labute approximate surface area is 94.1 Å². The van der Waals surface area contributed by atoms with Gasteiger partial charge in [0.1, 0.15) is 5.76 Å². The monoisotopic (exact) mass is 215 g/mol. The molecule has 0 unspecified atom stereocenters. The number of Topliss-reactive ketones (excluding diaryl/α,β-unsaturated/α-hetero) is 1. The molecule has 0 aliphatic heterocycles. The molecule has 82 valence electrons. The van der Waals surface area contributed by atoms with Gasteiger partial charge in [0.15, 0.2) is 5.78 Å². The number of allylic oxidation sites excluding steroid dienone is 1. The molecule has 0 bridgehead atoms. The van der Waals surface area contributed by atoms with Crippen LogP contribution in [0.5, 0.6) is 0 Å². The molecule has 0 heterocycles. The predicted octanol–water partition coefficient (Wildman–Crippen LogP) is 2.63. The SMILES string of the molecule is CC(C)N=CC1=C(O)c2ccccc2C1=O. The van der Waals surface area contributed by atoms with Gasteiger partial charge in [-0.25, -0.2) is 0 Å². The predicted molar refractivity (Wildman–Crippen MR) is 63.9 cm³/mol. The lowest BCUT2D eigenvalue weighted by Crippen LogP contribution is -2.01. The van der Waals surface area contributed by atoms with E-state index in [1.54, 1.807) is 24.3 Å². The zero-order valence-corrected chi connectivity index (χ0v) is 9.27. The highest BCUT2D eigenvalue weighted by atomic mass is 16.3. The van der Waals surface area contributed by atoms with Crippen LogP contribution in [0.2, 0.25) is 0 Å². The normalized spacial score (nSPS) is 15.3. The van der Waals surface area contributed by atoms with Crippen LogP contribution in [-0.2, 0) is 0 Å². The van der Waals surface area contributed by atoms with Crippen molar-refractivity contribution in [2.75, 3.05) is 0 Å². The molecule has 0 saturated carbocycles. The smallest absolute Gasteiger partial charge is 0.199 e. The third kappa shape index (κ3) is 1.65. The quantitative estimate of drug-likeness (QED) is 0.771. The fourth-order valence-corrected chi connectivity index (χ4v) is 1.63. The van der Waals surface area contributed by atoms with Crippen LogP contribution >= 0.6 is 0 Å². The third-order valence-corrected chi connectivity index (χ3v) is 2.43. The molecule has 0 atom stereocenters. The highest BCUT2D eigenvalue weighted by Crippen LogP contribution is 2.29. The van der Waals surface area contributed by atoms with E-state index in [2.05, 4.69) is 4.99 Å². The van der Waals surface area contributed by atoms with Crippen molar-refractivity contribution in [3.05, 3.63) is 41.0 Å². The number of hydrogen-bond donors (Lipinski definition) is 1. The number of carbonyl (C=O) groups excluding carboxylic acids is 1. The molecule has 1 aromatic carbocycles. The number of rotatable bonds is 2. The van der Waals surface area contributed by atoms with Gasteiger partial charge in [-0.05, 0) is 13.8 Å². The molecule has 3 heteroatoms. The Morgan fingerprint density at radius 2 is 1.88 bits per heavy atom. The van der Waals surface area contributed by atoms with E-state index in [4.69, 9.17) is 0 Å². The molecular formula is C13H13NO2. The fourth-order valence-electron chi connectivity index (χ4n) is 1.63. The largest absolute Gasteiger partial charge is 0.506 e. The van der Waals surface area contributed by atoms with Crippen molar-refractivity contribution in [1.82, 2.24) is 0 Å². The number of hydrogen-bond acceptors (Lipinski definition) is 3. The lowest BCUT2D eigenvalue weighted by molar-refractivity contribution is 0.104. The minimum atomic E-state index is -0.155. The topological polar surface area (TPSA) is 49.7 Å². The molecule has 0 amide bonds. The van der Waals surface area contributed by atoms with E-state index in [-0.39, 0.29) is 23.2 Å². The van der Waals surface area contributed by atoms with Gasteiger partial charge < -0.3 is 5.11 Å². The Kier molecular flexibility index (Phi) is 2.60. The molecule has 0 aromatic heterocycles. The van der Waals surface area contributed by atoms with E-state index < -0.39 is 0 Å². The number of aliphatic hydroxyl groups excluding tert-OH is 1. The van der Waals surface area contributed by atoms with Crippen LogP contribution in [0.1, 0.15) is 29.8 Å². The first-order valence-corrected chi connectivity index (χ1v) is 5.21. The summed E-state index contributed by atoms with van der Waals surface area (Å²) in [6, 6.07) is 7.14. The molecule has 1 aliphatic rings. The Morgan fingerprint density at radius 3 is 2.44 bits per heavy atom. The van der Waals surface area contributed by atoms with Crippen molar-refractivity contribution in [2.45, 2.75) is 19.9 Å². The van der Waals surface area contributed by atoms with E-state index in [0.717, 1.165) is 0 Å². The minimum absolute atomic E-state index is 0.0324. The molecule has 3 nitrogen and oxygen atoms in total. The average molecular weight is 215 g/mol. The standard InChI is InChI=1S/C13H13NO2/c1-8(2)14-7-11-12(15)9-5-3-4-6-10(9)13(11)16/h3-8,15H,1-2H3. The first-order valence-electron chi connectivity index (χ1n) is 5.21. The Morgan fingerprint density at radius 1 is 1.25 bits per heavy atom. The number of aliphatic hydroxyl groups is 1. The van der Waals surface area contributed by atoms with Gasteiger partial charge in [0, 0.05) is 23.4 Å². The van der Waals surface area contributed by atoms with E-state index in [9.17, 15) is 9.90 Å². The number of benzene rings is 1. The van der Waals surface area contributed by atoms with E-state index >= 15 is 0 Å². The summed E-state index contributed by atoms with van der Waals surface area (Å²) in [5, 5.41) is 9.89. The second kappa shape index (κ2) is 3.93. The zero-order chi connectivity index (χ0) is 11.7. The molecule has 1 aromatic rings. The maximum Gasteiger partial charge on any atom is 0.199 e. The van der Waals surface area contributed by atoms with Gasteiger partial charge in [0.05, 0.1) is 5.57 Å². The minimum Gasteiger partial charge on any atom is -0.506 e. The summed E-state index contributed by atoms with van der Waals surface area (Å²) >= 11 is 0. The molecule has 0 radical (unpaired) electrons. The molecular weight excluding hydrogens is 202 g/mol.